The molecule has 0 radical (unpaired) electrons. The van der Waals surface area contributed by atoms with E-state index in [2.05, 4.69) is 47.4 Å². The average Bonchev–Trinajstić information content (AvgIpc) is 3.05. The molecule has 4 rings (SSSR count). The summed E-state index contributed by atoms with van der Waals surface area (Å²) in [5.41, 5.74) is 3.67. The number of hydrogen-bond acceptors (Lipinski definition) is 0. The van der Waals surface area contributed by atoms with Gasteiger partial charge in [0.15, 0.2) is 0 Å². The highest BCUT2D eigenvalue weighted by molar-refractivity contribution is 7.18. The van der Waals surface area contributed by atoms with E-state index in [1.165, 1.54) is 5.57 Å². The summed E-state index contributed by atoms with van der Waals surface area (Å²) < 4.78 is 46.3. The standard InChI is InChI=1S/C27H32F3P/c1-4-7-18-14-21-20-11-10-19(17-9-6-8-16(5-2)12-15(3)13-17)25(29)23(20)27(31)26(30)22(21)24(18)28/h6,8,10-13,15,18,23-24,27H,4-5,7,9,14,31H2,1-3H3/b8-6-,16-12-,17-13+. The SMILES string of the molecule is CCCC1CC2=C3C=CC(/C4=C/C(C)/C=C(CC)\C=C/C4)=C(F)C3C(P)C(F)=C2C1F. The molecule has 4 aliphatic carbocycles. The van der Waals surface area contributed by atoms with E-state index >= 15 is 13.2 Å². The second kappa shape index (κ2) is 9.10. The Kier molecular flexibility index (Phi) is 6.63. The fourth-order valence-corrected chi connectivity index (χ4v) is 6.09. The highest BCUT2D eigenvalue weighted by Crippen LogP contribution is 2.54. The van der Waals surface area contributed by atoms with Crippen LogP contribution in [0.2, 0.25) is 0 Å². The predicted molar refractivity (Wildman–Crippen MR) is 127 cm³/mol. The van der Waals surface area contributed by atoms with Gasteiger partial charge in [-0.05, 0) is 54.2 Å². The quantitative estimate of drug-likeness (QED) is 0.384. The smallest absolute Gasteiger partial charge is 0.131 e. The number of halogens is 3. The van der Waals surface area contributed by atoms with Crippen LogP contribution in [-0.2, 0) is 0 Å². The van der Waals surface area contributed by atoms with Gasteiger partial charge in [-0.2, -0.15) is 0 Å². The Morgan fingerprint density at radius 3 is 2.55 bits per heavy atom. The molecule has 1 saturated carbocycles. The lowest BCUT2D eigenvalue weighted by molar-refractivity contribution is 0.277. The molecule has 1 fully saturated rings. The Morgan fingerprint density at radius 2 is 1.84 bits per heavy atom. The average molecular weight is 445 g/mol. The summed E-state index contributed by atoms with van der Waals surface area (Å²) in [5.74, 6) is -1.48. The Hall–Kier alpha value is -1.60. The molecule has 0 aromatic heterocycles. The molecule has 4 aliphatic rings. The van der Waals surface area contributed by atoms with Crippen LogP contribution in [-0.4, -0.2) is 11.8 Å². The first-order chi connectivity index (χ1) is 14.9. The fraction of sp³-hybridized carbons (Fsp3) is 0.481. The van der Waals surface area contributed by atoms with Crippen molar-refractivity contribution in [3.63, 3.8) is 0 Å². The van der Waals surface area contributed by atoms with Crippen LogP contribution >= 0.6 is 9.24 Å². The van der Waals surface area contributed by atoms with Gasteiger partial charge in [0.25, 0.3) is 0 Å². The van der Waals surface area contributed by atoms with Crippen LogP contribution in [0.3, 0.4) is 0 Å². The molecule has 0 aromatic rings. The summed E-state index contributed by atoms with van der Waals surface area (Å²) in [4.78, 5) is 0. The third-order valence-corrected chi connectivity index (χ3v) is 7.74. The third kappa shape index (κ3) is 3.99. The first kappa shape index (κ1) is 22.6. The van der Waals surface area contributed by atoms with Crippen molar-refractivity contribution in [2.75, 3.05) is 0 Å². The van der Waals surface area contributed by atoms with Crippen LogP contribution in [0.4, 0.5) is 13.2 Å². The van der Waals surface area contributed by atoms with Crippen LogP contribution in [0.25, 0.3) is 0 Å². The van der Waals surface area contributed by atoms with E-state index in [0.717, 1.165) is 30.4 Å². The minimum atomic E-state index is -1.29. The number of alkyl halides is 1. The van der Waals surface area contributed by atoms with Gasteiger partial charge >= 0.3 is 0 Å². The maximum atomic E-state index is 15.9. The van der Waals surface area contributed by atoms with Crippen molar-refractivity contribution in [1.82, 2.24) is 0 Å². The molecule has 0 saturated heterocycles. The maximum absolute atomic E-state index is 15.9. The van der Waals surface area contributed by atoms with Crippen LogP contribution in [0.15, 0.2) is 81.5 Å². The van der Waals surface area contributed by atoms with Gasteiger partial charge in [0.05, 0.1) is 0 Å². The minimum Gasteiger partial charge on any atom is -0.242 e. The summed E-state index contributed by atoms with van der Waals surface area (Å²) in [5, 5.41) is 0. The zero-order valence-corrected chi connectivity index (χ0v) is 19.8. The molecular formula is C27H32F3P. The first-order valence-corrected chi connectivity index (χ1v) is 12.2. The lowest BCUT2D eigenvalue weighted by atomic mass is 9.76. The van der Waals surface area contributed by atoms with E-state index in [0.29, 0.717) is 24.0 Å². The largest absolute Gasteiger partial charge is 0.242 e. The Labute approximate surface area is 186 Å². The van der Waals surface area contributed by atoms with Gasteiger partial charge in [0.1, 0.15) is 17.8 Å². The van der Waals surface area contributed by atoms with E-state index in [1.807, 2.05) is 19.1 Å². The monoisotopic (exact) mass is 444 g/mol. The summed E-state index contributed by atoms with van der Waals surface area (Å²) in [6.45, 7) is 6.25. The van der Waals surface area contributed by atoms with Gasteiger partial charge in [-0.15, -0.1) is 9.24 Å². The molecule has 31 heavy (non-hydrogen) atoms. The Balaban J connectivity index is 1.74. The summed E-state index contributed by atoms with van der Waals surface area (Å²) in [6.07, 6.45) is 14.7. The minimum absolute atomic E-state index is 0.196. The zero-order valence-electron chi connectivity index (χ0n) is 18.6. The van der Waals surface area contributed by atoms with Crippen molar-refractivity contribution >= 4 is 9.24 Å². The molecule has 0 heterocycles. The van der Waals surface area contributed by atoms with E-state index in [1.54, 1.807) is 0 Å². The molecule has 0 spiro atoms. The second-order valence-electron chi connectivity index (χ2n) is 9.20. The molecule has 166 valence electrons. The number of rotatable bonds is 4. The lowest BCUT2D eigenvalue weighted by Crippen LogP contribution is -2.27. The summed E-state index contributed by atoms with van der Waals surface area (Å²) >= 11 is 0. The van der Waals surface area contributed by atoms with Crippen LogP contribution in [0.1, 0.15) is 52.9 Å². The van der Waals surface area contributed by atoms with Crippen molar-refractivity contribution < 1.29 is 13.2 Å². The van der Waals surface area contributed by atoms with Crippen molar-refractivity contribution in [3.8, 4) is 0 Å². The van der Waals surface area contributed by atoms with E-state index in [-0.39, 0.29) is 23.2 Å². The van der Waals surface area contributed by atoms with Crippen LogP contribution in [0.5, 0.6) is 0 Å². The van der Waals surface area contributed by atoms with E-state index in [4.69, 9.17) is 0 Å². The zero-order chi connectivity index (χ0) is 22.3. The Morgan fingerprint density at radius 1 is 1.06 bits per heavy atom. The molecule has 0 nitrogen and oxygen atoms in total. The topological polar surface area (TPSA) is 0 Å². The molecular weight excluding hydrogens is 412 g/mol. The first-order valence-electron chi connectivity index (χ1n) is 11.6. The third-order valence-electron chi connectivity index (χ3n) is 7.06. The summed E-state index contributed by atoms with van der Waals surface area (Å²) in [6, 6.07) is 0. The molecule has 4 heteroatoms. The van der Waals surface area contributed by atoms with Crippen molar-refractivity contribution in [3.05, 3.63) is 81.5 Å². The highest BCUT2D eigenvalue weighted by atomic mass is 31.0. The molecule has 6 unspecified atom stereocenters. The molecule has 0 N–H and O–H groups in total. The normalized spacial score (nSPS) is 37.6. The van der Waals surface area contributed by atoms with E-state index in [9.17, 15) is 0 Å². The molecule has 0 amide bonds. The fourth-order valence-electron chi connectivity index (χ4n) is 5.53. The second-order valence-corrected chi connectivity index (χ2v) is 9.92. The molecule has 0 aliphatic heterocycles. The van der Waals surface area contributed by atoms with Crippen molar-refractivity contribution in [2.24, 2.45) is 17.8 Å². The van der Waals surface area contributed by atoms with Gasteiger partial charge < -0.3 is 0 Å². The van der Waals surface area contributed by atoms with Gasteiger partial charge in [-0.3, -0.25) is 0 Å². The number of allylic oxidation sites excluding steroid dienone is 14. The van der Waals surface area contributed by atoms with Gasteiger partial charge in [0, 0.05) is 22.7 Å². The van der Waals surface area contributed by atoms with Gasteiger partial charge in [0.2, 0.25) is 0 Å². The predicted octanol–water partition coefficient (Wildman–Crippen LogP) is 8.19. The number of fused-ring (bicyclic) bond motifs is 2. The summed E-state index contributed by atoms with van der Waals surface area (Å²) in [7, 11) is 2.45. The molecule has 0 bridgehead atoms. The molecule has 6 atom stereocenters. The highest BCUT2D eigenvalue weighted by Gasteiger charge is 2.47. The maximum Gasteiger partial charge on any atom is 0.131 e. The molecule has 0 aromatic carbocycles. The van der Waals surface area contributed by atoms with Crippen LogP contribution < -0.4 is 0 Å². The van der Waals surface area contributed by atoms with Gasteiger partial charge in [-0.1, -0.05) is 69.2 Å². The lowest BCUT2D eigenvalue weighted by Gasteiger charge is -2.34. The van der Waals surface area contributed by atoms with Gasteiger partial charge in [-0.25, -0.2) is 13.2 Å². The van der Waals surface area contributed by atoms with Crippen molar-refractivity contribution in [1.29, 1.82) is 0 Å². The van der Waals surface area contributed by atoms with Crippen molar-refractivity contribution in [2.45, 2.75) is 64.7 Å². The Bertz CT molecular complexity index is 972. The number of hydrogen-bond donors (Lipinski definition) is 0. The van der Waals surface area contributed by atoms with E-state index < -0.39 is 23.6 Å². The van der Waals surface area contributed by atoms with Crippen LogP contribution in [0, 0.1) is 17.8 Å².